The van der Waals surface area contributed by atoms with Crippen LogP contribution in [0.25, 0.3) is 0 Å². The van der Waals surface area contributed by atoms with Gasteiger partial charge in [-0.2, -0.15) is 5.10 Å². The summed E-state index contributed by atoms with van der Waals surface area (Å²) in [6, 6.07) is 5.91. The number of anilines is 1. The van der Waals surface area contributed by atoms with Gasteiger partial charge in [-0.25, -0.2) is 9.40 Å². The molecule has 90 valence electrons. The lowest BCUT2D eigenvalue weighted by Crippen LogP contribution is -2.20. The van der Waals surface area contributed by atoms with Crippen LogP contribution in [0.3, 0.4) is 0 Å². The Morgan fingerprint density at radius 1 is 1.35 bits per heavy atom. The van der Waals surface area contributed by atoms with E-state index in [1.807, 2.05) is 20.8 Å². The van der Waals surface area contributed by atoms with Crippen LogP contribution >= 0.6 is 0 Å². The predicted octanol–water partition coefficient (Wildman–Crippen LogP) is 2.96. The van der Waals surface area contributed by atoms with E-state index in [0.717, 1.165) is 5.71 Å². The van der Waals surface area contributed by atoms with E-state index >= 15 is 0 Å². The van der Waals surface area contributed by atoms with E-state index in [0.29, 0.717) is 12.1 Å². The number of hydrogen-bond acceptors (Lipinski definition) is 2. The van der Waals surface area contributed by atoms with Crippen molar-refractivity contribution in [3.63, 3.8) is 0 Å². The number of hydrogen-bond donors (Lipinski definition) is 0. The molecule has 1 aliphatic rings. The first-order valence-electron chi connectivity index (χ1n) is 5.54. The second kappa shape index (κ2) is 3.95. The minimum Gasteiger partial charge on any atom is -0.272 e. The lowest BCUT2D eigenvalue weighted by molar-refractivity contribution is -0.116. The Bertz CT molecular complexity index is 488. The zero-order valence-corrected chi connectivity index (χ0v) is 10.2. The number of amides is 1. The summed E-state index contributed by atoms with van der Waals surface area (Å²) >= 11 is 0. The summed E-state index contributed by atoms with van der Waals surface area (Å²) in [6.07, 6.45) is 0.306. The third-order valence-electron chi connectivity index (χ3n) is 2.69. The van der Waals surface area contributed by atoms with Crippen LogP contribution in [0.2, 0.25) is 0 Å². The predicted molar refractivity (Wildman–Crippen MR) is 65.4 cm³/mol. The fraction of sp³-hybridized carbons (Fsp3) is 0.385. The van der Waals surface area contributed by atoms with E-state index < -0.39 is 0 Å². The molecule has 2 rings (SSSR count). The lowest BCUT2D eigenvalue weighted by Gasteiger charge is -2.16. The van der Waals surface area contributed by atoms with Gasteiger partial charge in [0.25, 0.3) is 5.91 Å². The van der Waals surface area contributed by atoms with Crippen molar-refractivity contribution in [1.82, 2.24) is 0 Å². The highest BCUT2D eigenvalue weighted by Crippen LogP contribution is 2.28. The van der Waals surface area contributed by atoms with Crippen LogP contribution in [0.4, 0.5) is 10.1 Å². The molecule has 0 saturated carbocycles. The van der Waals surface area contributed by atoms with Crippen molar-refractivity contribution in [1.29, 1.82) is 0 Å². The quantitative estimate of drug-likeness (QED) is 0.735. The van der Waals surface area contributed by atoms with Gasteiger partial charge in [-0.05, 0) is 18.2 Å². The number of benzene rings is 1. The molecule has 0 bridgehead atoms. The van der Waals surface area contributed by atoms with Gasteiger partial charge in [0.05, 0.1) is 17.8 Å². The number of nitrogens with zero attached hydrogens (tertiary/aromatic N) is 2. The number of carbonyl (C=O) groups is 1. The van der Waals surface area contributed by atoms with Gasteiger partial charge in [-0.1, -0.05) is 26.8 Å². The van der Waals surface area contributed by atoms with Crippen molar-refractivity contribution in [3.8, 4) is 0 Å². The molecule has 1 aromatic rings. The molecule has 1 aliphatic heterocycles. The largest absolute Gasteiger partial charge is 0.272 e. The molecule has 4 heteroatoms. The fourth-order valence-corrected chi connectivity index (χ4v) is 1.65. The smallest absolute Gasteiger partial charge is 0.253 e. The zero-order valence-electron chi connectivity index (χ0n) is 10.2. The molecule has 0 unspecified atom stereocenters. The van der Waals surface area contributed by atoms with E-state index in [1.54, 1.807) is 12.1 Å². The van der Waals surface area contributed by atoms with Crippen molar-refractivity contribution < 1.29 is 9.18 Å². The van der Waals surface area contributed by atoms with Crippen LogP contribution in [0, 0.1) is 11.2 Å². The van der Waals surface area contributed by atoms with Crippen LogP contribution in [0.15, 0.2) is 29.4 Å². The van der Waals surface area contributed by atoms with Gasteiger partial charge in [0.2, 0.25) is 0 Å². The molecule has 0 spiro atoms. The maximum Gasteiger partial charge on any atom is 0.253 e. The van der Waals surface area contributed by atoms with Crippen molar-refractivity contribution in [2.75, 3.05) is 5.01 Å². The summed E-state index contributed by atoms with van der Waals surface area (Å²) in [5, 5.41) is 5.57. The van der Waals surface area contributed by atoms with E-state index in [-0.39, 0.29) is 17.1 Å². The van der Waals surface area contributed by atoms with Crippen LogP contribution in [-0.2, 0) is 4.79 Å². The second-order valence-corrected chi connectivity index (χ2v) is 5.16. The molecule has 0 radical (unpaired) electrons. The molecule has 1 aromatic carbocycles. The van der Waals surface area contributed by atoms with Crippen LogP contribution in [-0.4, -0.2) is 11.6 Å². The minimum absolute atomic E-state index is 0.111. The Morgan fingerprint density at radius 2 is 2.06 bits per heavy atom. The summed E-state index contributed by atoms with van der Waals surface area (Å²) in [5.74, 6) is -0.477. The number of halogens is 1. The first-order chi connectivity index (χ1) is 7.88. The maximum absolute atomic E-state index is 13.1. The van der Waals surface area contributed by atoms with Crippen LogP contribution < -0.4 is 5.01 Å². The third kappa shape index (κ3) is 2.35. The summed E-state index contributed by atoms with van der Waals surface area (Å²) in [7, 11) is 0. The van der Waals surface area contributed by atoms with Crippen LogP contribution in [0.5, 0.6) is 0 Å². The molecule has 0 aliphatic carbocycles. The third-order valence-corrected chi connectivity index (χ3v) is 2.69. The monoisotopic (exact) mass is 234 g/mol. The van der Waals surface area contributed by atoms with Crippen LogP contribution in [0.1, 0.15) is 27.2 Å². The molecule has 3 nitrogen and oxygen atoms in total. The van der Waals surface area contributed by atoms with Crippen molar-refractivity contribution >= 4 is 17.3 Å². The Kier molecular flexibility index (Phi) is 2.73. The normalized spacial score (nSPS) is 16.4. The summed E-state index contributed by atoms with van der Waals surface area (Å²) < 4.78 is 13.1. The summed E-state index contributed by atoms with van der Waals surface area (Å²) in [6.45, 7) is 6.02. The Balaban J connectivity index is 2.34. The molecule has 0 atom stereocenters. The van der Waals surface area contributed by atoms with Gasteiger partial charge in [-0.15, -0.1) is 0 Å². The highest BCUT2D eigenvalue weighted by molar-refractivity contribution is 6.14. The van der Waals surface area contributed by atoms with E-state index in [4.69, 9.17) is 0 Å². The fourth-order valence-electron chi connectivity index (χ4n) is 1.65. The van der Waals surface area contributed by atoms with E-state index in [1.165, 1.54) is 17.1 Å². The van der Waals surface area contributed by atoms with Crippen molar-refractivity contribution in [3.05, 3.63) is 30.1 Å². The first kappa shape index (κ1) is 11.8. The standard InChI is InChI=1S/C13H15FN2O/c1-13(2,3)11-8-12(17)16(15-11)10-6-4-5-9(14)7-10/h4-7H,8H2,1-3H3. The molecule has 0 aromatic heterocycles. The molecule has 1 heterocycles. The number of rotatable bonds is 1. The van der Waals surface area contributed by atoms with Gasteiger partial charge in [0, 0.05) is 5.41 Å². The second-order valence-electron chi connectivity index (χ2n) is 5.16. The Hall–Kier alpha value is -1.71. The molecule has 0 N–H and O–H groups in total. The van der Waals surface area contributed by atoms with Crippen molar-refractivity contribution in [2.24, 2.45) is 10.5 Å². The molecule has 17 heavy (non-hydrogen) atoms. The maximum atomic E-state index is 13.1. The Labute approximate surface area is 99.9 Å². The lowest BCUT2D eigenvalue weighted by atomic mass is 9.88. The molecule has 0 fully saturated rings. The summed E-state index contributed by atoms with van der Waals surface area (Å²) in [4.78, 5) is 11.8. The Morgan fingerprint density at radius 3 is 2.59 bits per heavy atom. The zero-order chi connectivity index (χ0) is 12.6. The number of carbonyl (C=O) groups excluding carboxylic acids is 1. The number of hydrazone groups is 1. The topological polar surface area (TPSA) is 32.7 Å². The first-order valence-corrected chi connectivity index (χ1v) is 5.54. The highest BCUT2D eigenvalue weighted by atomic mass is 19.1. The van der Waals surface area contributed by atoms with Crippen molar-refractivity contribution in [2.45, 2.75) is 27.2 Å². The molecular weight excluding hydrogens is 219 g/mol. The molecule has 0 saturated heterocycles. The highest BCUT2D eigenvalue weighted by Gasteiger charge is 2.31. The van der Waals surface area contributed by atoms with Gasteiger partial charge in [-0.3, -0.25) is 4.79 Å². The van der Waals surface area contributed by atoms with Gasteiger partial charge < -0.3 is 0 Å². The molecule has 1 amide bonds. The average molecular weight is 234 g/mol. The van der Waals surface area contributed by atoms with Gasteiger partial charge in [0.1, 0.15) is 5.82 Å². The molecular formula is C13H15FN2O. The SMILES string of the molecule is CC(C)(C)C1=NN(c2cccc(F)c2)C(=O)C1. The van der Waals surface area contributed by atoms with E-state index in [2.05, 4.69) is 5.10 Å². The summed E-state index contributed by atoms with van der Waals surface area (Å²) in [5.41, 5.74) is 1.17. The minimum atomic E-state index is -0.366. The van der Waals surface area contributed by atoms with Gasteiger partial charge in [0.15, 0.2) is 0 Å². The van der Waals surface area contributed by atoms with E-state index in [9.17, 15) is 9.18 Å². The van der Waals surface area contributed by atoms with Gasteiger partial charge >= 0.3 is 0 Å². The average Bonchev–Trinajstić information content (AvgIpc) is 2.60.